The van der Waals surface area contributed by atoms with E-state index in [0.717, 1.165) is 15.9 Å². The highest BCUT2D eigenvalue weighted by atomic mass is 19.3. The summed E-state index contributed by atoms with van der Waals surface area (Å²) in [5.41, 5.74) is 1.02. The third-order valence-electron chi connectivity index (χ3n) is 3.19. The van der Waals surface area contributed by atoms with E-state index in [-0.39, 0.29) is 12.4 Å². The zero-order valence-corrected chi connectivity index (χ0v) is 13.0. The monoisotopic (exact) mass is 323 g/mol. The fraction of sp³-hybridized carbons (Fsp3) is 0.333. The highest BCUT2D eigenvalue weighted by molar-refractivity contribution is 5.79. The lowest BCUT2D eigenvalue weighted by Crippen LogP contribution is -2.37. The molecule has 2 aromatic rings. The van der Waals surface area contributed by atoms with E-state index in [2.05, 4.69) is 20.6 Å². The van der Waals surface area contributed by atoms with Crippen LogP contribution in [0, 0.1) is 0 Å². The normalized spacial score (nSPS) is 11.6. The molecule has 0 saturated carbocycles. The maximum Gasteiger partial charge on any atom is 0.319 e. The van der Waals surface area contributed by atoms with Gasteiger partial charge in [0.15, 0.2) is 5.96 Å². The number of aliphatic imine (C=N–C) groups is 1. The van der Waals surface area contributed by atoms with Crippen LogP contribution in [0.4, 0.5) is 8.78 Å². The summed E-state index contributed by atoms with van der Waals surface area (Å²) in [5.74, 6) is 1.51. The van der Waals surface area contributed by atoms with E-state index in [9.17, 15) is 8.78 Å². The number of hydrogen-bond donors (Lipinski definition) is 2. The second-order valence-corrected chi connectivity index (χ2v) is 4.66. The number of guanidine groups is 1. The van der Waals surface area contributed by atoms with Gasteiger partial charge in [-0.15, -0.1) is 0 Å². The Labute approximate surface area is 133 Å². The van der Waals surface area contributed by atoms with E-state index in [0.29, 0.717) is 12.5 Å². The zero-order valence-electron chi connectivity index (χ0n) is 13.0. The average molecular weight is 323 g/mol. The predicted molar refractivity (Wildman–Crippen MR) is 83.5 cm³/mol. The summed E-state index contributed by atoms with van der Waals surface area (Å²) >= 11 is 0. The lowest BCUT2D eigenvalue weighted by atomic mass is 10.2. The SMILES string of the molecule is CN=C(NCc1cccc(OC)c1)NCc1nccn1C(F)F. The lowest BCUT2D eigenvalue weighted by Gasteiger charge is -2.13. The molecule has 0 amide bonds. The van der Waals surface area contributed by atoms with Crippen LogP contribution < -0.4 is 15.4 Å². The molecule has 1 aromatic heterocycles. The molecule has 0 bridgehead atoms. The molecule has 0 unspecified atom stereocenters. The zero-order chi connectivity index (χ0) is 16.7. The van der Waals surface area contributed by atoms with Crippen molar-refractivity contribution in [2.75, 3.05) is 14.2 Å². The van der Waals surface area contributed by atoms with Crippen molar-refractivity contribution in [1.82, 2.24) is 20.2 Å². The Morgan fingerprint density at radius 3 is 2.83 bits per heavy atom. The van der Waals surface area contributed by atoms with Gasteiger partial charge in [0.25, 0.3) is 0 Å². The molecule has 1 heterocycles. The molecule has 0 aliphatic heterocycles. The maximum atomic E-state index is 12.7. The third kappa shape index (κ3) is 4.67. The molecule has 0 aliphatic rings. The second kappa shape index (κ2) is 8.11. The van der Waals surface area contributed by atoms with Crippen LogP contribution in [-0.2, 0) is 13.1 Å². The quantitative estimate of drug-likeness (QED) is 0.632. The Kier molecular flexibility index (Phi) is 5.90. The summed E-state index contributed by atoms with van der Waals surface area (Å²) in [7, 11) is 3.22. The van der Waals surface area contributed by atoms with E-state index in [1.165, 1.54) is 12.4 Å². The van der Waals surface area contributed by atoms with Gasteiger partial charge < -0.3 is 15.4 Å². The number of benzene rings is 1. The molecule has 0 radical (unpaired) electrons. The van der Waals surface area contributed by atoms with Crippen molar-refractivity contribution in [2.45, 2.75) is 19.6 Å². The standard InChI is InChI=1S/C15H19F2N5O/c1-18-15(20-9-11-4-3-5-12(8-11)23-2)21-10-13-19-6-7-22(13)14(16)17/h3-8,14H,9-10H2,1-2H3,(H2,18,20,21). The second-order valence-electron chi connectivity index (χ2n) is 4.66. The number of nitrogens with zero attached hydrogens (tertiary/aromatic N) is 3. The fourth-order valence-corrected chi connectivity index (χ4v) is 2.01. The molecule has 8 heteroatoms. The molecule has 0 spiro atoms. The molecule has 0 atom stereocenters. The van der Waals surface area contributed by atoms with Crippen molar-refractivity contribution in [3.8, 4) is 5.75 Å². The van der Waals surface area contributed by atoms with Gasteiger partial charge in [0, 0.05) is 26.0 Å². The molecule has 1 aromatic carbocycles. The molecular weight excluding hydrogens is 304 g/mol. The number of aromatic nitrogens is 2. The van der Waals surface area contributed by atoms with E-state index in [4.69, 9.17) is 4.74 Å². The number of methoxy groups -OCH3 is 1. The van der Waals surface area contributed by atoms with Crippen molar-refractivity contribution < 1.29 is 13.5 Å². The maximum absolute atomic E-state index is 12.7. The smallest absolute Gasteiger partial charge is 0.319 e. The molecule has 2 rings (SSSR count). The van der Waals surface area contributed by atoms with E-state index < -0.39 is 6.55 Å². The molecule has 0 fully saturated rings. The van der Waals surface area contributed by atoms with Gasteiger partial charge in [0.05, 0.1) is 13.7 Å². The minimum Gasteiger partial charge on any atom is -0.497 e. The molecule has 124 valence electrons. The summed E-state index contributed by atoms with van der Waals surface area (Å²) in [6.07, 6.45) is 2.59. The van der Waals surface area contributed by atoms with Crippen molar-refractivity contribution in [1.29, 1.82) is 0 Å². The van der Waals surface area contributed by atoms with Gasteiger partial charge in [-0.25, -0.2) is 4.98 Å². The van der Waals surface area contributed by atoms with Crippen LogP contribution in [0.5, 0.6) is 5.75 Å². The van der Waals surface area contributed by atoms with Gasteiger partial charge in [-0.2, -0.15) is 8.78 Å². The van der Waals surface area contributed by atoms with Crippen LogP contribution >= 0.6 is 0 Å². The Morgan fingerprint density at radius 2 is 2.13 bits per heavy atom. The molecule has 2 N–H and O–H groups in total. The number of alkyl halides is 2. The van der Waals surface area contributed by atoms with Crippen molar-refractivity contribution in [3.63, 3.8) is 0 Å². The van der Waals surface area contributed by atoms with Gasteiger partial charge >= 0.3 is 6.55 Å². The van der Waals surface area contributed by atoms with Crippen molar-refractivity contribution in [2.24, 2.45) is 4.99 Å². The Balaban J connectivity index is 1.89. The van der Waals surface area contributed by atoms with Gasteiger partial charge in [-0.05, 0) is 17.7 Å². The van der Waals surface area contributed by atoms with Gasteiger partial charge in [-0.1, -0.05) is 12.1 Å². The summed E-state index contributed by atoms with van der Waals surface area (Å²) in [6.45, 7) is -1.93. The lowest BCUT2D eigenvalue weighted by molar-refractivity contribution is 0.0668. The minimum absolute atomic E-state index is 0.148. The topological polar surface area (TPSA) is 63.5 Å². The summed E-state index contributed by atoms with van der Waals surface area (Å²) in [5, 5.41) is 6.06. The molecular formula is C15H19F2N5O. The molecule has 0 saturated heterocycles. The number of rotatable bonds is 6. The first kappa shape index (κ1) is 16.7. The first-order chi connectivity index (χ1) is 11.1. The van der Waals surface area contributed by atoms with Crippen molar-refractivity contribution in [3.05, 3.63) is 48.0 Å². The van der Waals surface area contributed by atoms with Gasteiger partial charge in [0.2, 0.25) is 0 Å². The number of imidazole rings is 1. The first-order valence-electron chi connectivity index (χ1n) is 7.01. The summed E-state index contributed by atoms with van der Waals surface area (Å²) in [6, 6.07) is 7.61. The number of nitrogens with one attached hydrogen (secondary N) is 2. The van der Waals surface area contributed by atoms with Crippen LogP contribution in [0.15, 0.2) is 41.7 Å². The van der Waals surface area contributed by atoms with Crippen LogP contribution in [-0.4, -0.2) is 29.7 Å². The Bertz CT molecular complexity index is 657. The predicted octanol–water partition coefficient (Wildman–Crippen LogP) is 2.15. The van der Waals surface area contributed by atoms with Gasteiger partial charge in [0.1, 0.15) is 11.6 Å². The van der Waals surface area contributed by atoms with Crippen molar-refractivity contribution >= 4 is 5.96 Å². The summed E-state index contributed by atoms with van der Waals surface area (Å²) < 4.78 is 31.5. The van der Waals surface area contributed by atoms with Crippen LogP contribution in [0.1, 0.15) is 17.9 Å². The Morgan fingerprint density at radius 1 is 1.35 bits per heavy atom. The van der Waals surface area contributed by atoms with Crippen LogP contribution in [0.3, 0.4) is 0 Å². The summed E-state index contributed by atoms with van der Waals surface area (Å²) in [4.78, 5) is 7.96. The Hall–Kier alpha value is -2.64. The molecule has 23 heavy (non-hydrogen) atoms. The number of ether oxygens (including phenoxy) is 1. The number of halogens is 2. The number of hydrogen-bond acceptors (Lipinski definition) is 3. The third-order valence-corrected chi connectivity index (χ3v) is 3.19. The van der Waals surface area contributed by atoms with E-state index in [1.54, 1.807) is 14.2 Å². The van der Waals surface area contributed by atoms with Crippen LogP contribution in [0.2, 0.25) is 0 Å². The minimum atomic E-state index is -2.61. The first-order valence-corrected chi connectivity index (χ1v) is 7.01. The largest absolute Gasteiger partial charge is 0.497 e. The van der Waals surface area contributed by atoms with Gasteiger partial charge in [-0.3, -0.25) is 9.56 Å². The fourth-order valence-electron chi connectivity index (χ4n) is 2.01. The van der Waals surface area contributed by atoms with E-state index in [1.807, 2.05) is 24.3 Å². The molecule has 0 aliphatic carbocycles. The van der Waals surface area contributed by atoms with Crippen LogP contribution in [0.25, 0.3) is 0 Å². The highest BCUT2D eigenvalue weighted by Gasteiger charge is 2.11. The molecule has 6 nitrogen and oxygen atoms in total. The average Bonchev–Trinajstić information content (AvgIpc) is 3.04. The van der Waals surface area contributed by atoms with E-state index >= 15 is 0 Å². The highest BCUT2D eigenvalue weighted by Crippen LogP contribution is 2.13.